The van der Waals surface area contributed by atoms with Gasteiger partial charge >= 0.3 is 5.97 Å². The first-order valence-corrected chi connectivity index (χ1v) is 7.49. The second-order valence-corrected chi connectivity index (χ2v) is 4.76. The van der Waals surface area contributed by atoms with Crippen molar-refractivity contribution in [1.29, 1.82) is 0 Å². The van der Waals surface area contributed by atoms with E-state index in [2.05, 4.69) is 25.4 Å². The minimum atomic E-state index is -0.298. The third-order valence-electron chi connectivity index (χ3n) is 2.27. The Balaban J connectivity index is 2.17. The molecule has 21 heavy (non-hydrogen) atoms. The van der Waals surface area contributed by atoms with E-state index in [0.717, 1.165) is 0 Å². The van der Waals surface area contributed by atoms with Gasteiger partial charge in [0.2, 0.25) is 5.95 Å². The molecule has 0 aromatic carbocycles. The summed E-state index contributed by atoms with van der Waals surface area (Å²) in [7, 11) is 0. The maximum absolute atomic E-state index is 11.4. The zero-order valence-corrected chi connectivity index (χ0v) is 12.6. The maximum Gasteiger partial charge on any atom is 0.316 e. The number of rotatable bonds is 7. The van der Waals surface area contributed by atoms with Crippen LogP contribution in [0.5, 0.6) is 0 Å². The van der Waals surface area contributed by atoms with Crippen molar-refractivity contribution < 1.29 is 9.53 Å². The zero-order valence-electron chi connectivity index (χ0n) is 11.8. The highest BCUT2D eigenvalue weighted by atomic mass is 32.2. The molecule has 0 saturated heterocycles. The number of carbonyl (C=O) groups is 1. The van der Waals surface area contributed by atoms with Gasteiger partial charge in [-0.2, -0.15) is 20.1 Å². The standard InChI is InChI=1S/C12H16N6O2S/c1-3-13-10-15-11(18-7-5-6-14-18)17-12(16-10)21-8-9(19)20-4-2/h5-7H,3-4,8H2,1-2H3,(H,13,15,16,17). The highest BCUT2D eigenvalue weighted by molar-refractivity contribution is 7.99. The third-order valence-corrected chi connectivity index (χ3v) is 3.09. The molecule has 0 saturated carbocycles. The highest BCUT2D eigenvalue weighted by Crippen LogP contribution is 2.16. The number of nitrogens with one attached hydrogen (secondary N) is 1. The Morgan fingerprint density at radius 3 is 2.90 bits per heavy atom. The first-order chi connectivity index (χ1) is 10.2. The average Bonchev–Trinajstić information content (AvgIpc) is 3.00. The molecule has 2 rings (SSSR count). The second kappa shape index (κ2) is 7.58. The normalized spacial score (nSPS) is 10.4. The van der Waals surface area contributed by atoms with Crippen LogP contribution >= 0.6 is 11.8 Å². The number of thioether (sulfide) groups is 1. The molecule has 0 aliphatic heterocycles. The van der Waals surface area contributed by atoms with Crippen molar-refractivity contribution in [3.05, 3.63) is 18.5 Å². The number of anilines is 1. The molecule has 112 valence electrons. The minimum Gasteiger partial charge on any atom is -0.465 e. The lowest BCUT2D eigenvalue weighted by atomic mass is 10.7. The van der Waals surface area contributed by atoms with Crippen LogP contribution in [0.4, 0.5) is 5.95 Å². The summed E-state index contributed by atoms with van der Waals surface area (Å²) in [5.74, 6) is 0.706. The lowest BCUT2D eigenvalue weighted by Crippen LogP contribution is -2.11. The van der Waals surface area contributed by atoms with E-state index in [-0.39, 0.29) is 11.7 Å². The summed E-state index contributed by atoms with van der Waals surface area (Å²) in [6.07, 6.45) is 3.38. The van der Waals surface area contributed by atoms with E-state index in [1.165, 1.54) is 16.4 Å². The predicted molar refractivity (Wildman–Crippen MR) is 78.5 cm³/mol. The highest BCUT2D eigenvalue weighted by Gasteiger charge is 2.11. The van der Waals surface area contributed by atoms with Gasteiger partial charge in [-0.3, -0.25) is 4.79 Å². The van der Waals surface area contributed by atoms with Crippen molar-refractivity contribution in [2.24, 2.45) is 0 Å². The topological polar surface area (TPSA) is 94.8 Å². The smallest absolute Gasteiger partial charge is 0.316 e. The van der Waals surface area contributed by atoms with E-state index < -0.39 is 0 Å². The summed E-state index contributed by atoms with van der Waals surface area (Å²) in [4.78, 5) is 24.2. The van der Waals surface area contributed by atoms with Gasteiger partial charge < -0.3 is 10.1 Å². The second-order valence-electron chi connectivity index (χ2n) is 3.82. The van der Waals surface area contributed by atoms with E-state index in [9.17, 15) is 4.79 Å². The Morgan fingerprint density at radius 2 is 2.24 bits per heavy atom. The molecule has 0 fully saturated rings. The number of hydrogen-bond acceptors (Lipinski definition) is 8. The number of hydrogen-bond donors (Lipinski definition) is 1. The first kappa shape index (κ1) is 15.2. The van der Waals surface area contributed by atoms with Crippen LogP contribution in [0.15, 0.2) is 23.6 Å². The Labute approximate surface area is 126 Å². The quantitative estimate of drug-likeness (QED) is 0.601. The molecule has 0 amide bonds. The van der Waals surface area contributed by atoms with Gasteiger partial charge in [-0.05, 0) is 19.9 Å². The lowest BCUT2D eigenvalue weighted by Gasteiger charge is -2.07. The molecule has 0 radical (unpaired) electrons. The summed E-state index contributed by atoms with van der Waals surface area (Å²) in [5, 5.41) is 7.56. The van der Waals surface area contributed by atoms with Gasteiger partial charge in [0.25, 0.3) is 5.95 Å². The van der Waals surface area contributed by atoms with E-state index in [0.29, 0.717) is 30.2 Å². The van der Waals surface area contributed by atoms with Crippen molar-refractivity contribution in [2.75, 3.05) is 24.2 Å². The van der Waals surface area contributed by atoms with E-state index in [4.69, 9.17) is 4.74 Å². The molecule has 2 aromatic rings. The van der Waals surface area contributed by atoms with Crippen LogP contribution in [0, 0.1) is 0 Å². The van der Waals surface area contributed by atoms with E-state index in [1.54, 1.807) is 25.4 Å². The fourth-order valence-corrected chi connectivity index (χ4v) is 2.09. The summed E-state index contributed by atoms with van der Waals surface area (Å²) in [6, 6.07) is 1.78. The molecular formula is C12H16N6O2S. The van der Waals surface area contributed by atoms with Gasteiger partial charge in [0, 0.05) is 18.9 Å². The van der Waals surface area contributed by atoms with Gasteiger partial charge in [-0.15, -0.1) is 0 Å². The molecule has 2 aromatic heterocycles. The molecule has 0 aliphatic rings. The summed E-state index contributed by atoms with van der Waals surface area (Å²) < 4.78 is 6.42. The molecule has 9 heteroatoms. The Morgan fingerprint density at radius 1 is 1.38 bits per heavy atom. The molecular weight excluding hydrogens is 292 g/mol. The van der Waals surface area contributed by atoms with Gasteiger partial charge in [0.05, 0.1) is 12.4 Å². The van der Waals surface area contributed by atoms with Crippen molar-refractivity contribution in [1.82, 2.24) is 24.7 Å². The zero-order chi connectivity index (χ0) is 15.1. The van der Waals surface area contributed by atoms with Crippen molar-refractivity contribution in [3.8, 4) is 5.95 Å². The Kier molecular flexibility index (Phi) is 5.50. The van der Waals surface area contributed by atoms with Gasteiger partial charge in [-0.25, -0.2) is 4.68 Å². The maximum atomic E-state index is 11.4. The molecule has 2 heterocycles. The van der Waals surface area contributed by atoms with Crippen molar-refractivity contribution in [3.63, 3.8) is 0 Å². The van der Waals surface area contributed by atoms with E-state index in [1.807, 2.05) is 6.92 Å². The molecule has 1 N–H and O–H groups in total. The van der Waals surface area contributed by atoms with Gasteiger partial charge in [0.1, 0.15) is 0 Å². The molecule has 0 spiro atoms. The SMILES string of the molecule is CCNc1nc(SCC(=O)OCC)nc(-n2cccn2)n1. The fourth-order valence-electron chi connectivity index (χ4n) is 1.46. The average molecular weight is 308 g/mol. The molecule has 0 unspecified atom stereocenters. The molecule has 0 atom stereocenters. The van der Waals surface area contributed by atoms with Gasteiger partial charge in [0.15, 0.2) is 5.16 Å². The number of ether oxygens (including phenoxy) is 1. The first-order valence-electron chi connectivity index (χ1n) is 6.51. The van der Waals surface area contributed by atoms with Gasteiger partial charge in [-0.1, -0.05) is 11.8 Å². The largest absolute Gasteiger partial charge is 0.465 e. The van der Waals surface area contributed by atoms with Crippen LogP contribution in [-0.4, -0.2) is 49.6 Å². The van der Waals surface area contributed by atoms with Crippen molar-refractivity contribution >= 4 is 23.7 Å². The summed E-state index contributed by atoms with van der Waals surface area (Å²) >= 11 is 1.20. The van der Waals surface area contributed by atoms with Crippen LogP contribution in [0.1, 0.15) is 13.8 Å². The predicted octanol–water partition coefficient (Wildman–Crippen LogP) is 1.14. The summed E-state index contributed by atoms with van der Waals surface area (Å²) in [6.45, 7) is 4.76. The Bertz CT molecular complexity index is 589. The summed E-state index contributed by atoms with van der Waals surface area (Å²) in [5.41, 5.74) is 0. The van der Waals surface area contributed by atoms with Crippen LogP contribution < -0.4 is 5.32 Å². The lowest BCUT2D eigenvalue weighted by molar-refractivity contribution is -0.139. The molecule has 0 bridgehead atoms. The van der Waals surface area contributed by atoms with Crippen LogP contribution in [0.3, 0.4) is 0 Å². The Hall–Kier alpha value is -2.16. The monoisotopic (exact) mass is 308 g/mol. The van der Waals surface area contributed by atoms with Crippen molar-refractivity contribution in [2.45, 2.75) is 19.0 Å². The number of aromatic nitrogens is 5. The number of esters is 1. The number of nitrogens with zero attached hydrogens (tertiary/aromatic N) is 5. The molecule has 0 aliphatic carbocycles. The van der Waals surface area contributed by atoms with E-state index >= 15 is 0 Å². The van der Waals surface area contributed by atoms with Crippen LogP contribution in [0.25, 0.3) is 5.95 Å². The third kappa shape index (κ3) is 4.42. The molecule has 8 nitrogen and oxygen atoms in total. The fraction of sp³-hybridized carbons (Fsp3) is 0.417. The van der Waals surface area contributed by atoms with Crippen LogP contribution in [0.2, 0.25) is 0 Å². The number of carbonyl (C=O) groups excluding carboxylic acids is 1. The minimum absolute atomic E-state index is 0.155. The van der Waals surface area contributed by atoms with Crippen LogP contribution in [-0.2, 0) is 9.53 Å².